The molecular formula is C34H26BaCl2N4O8S2. The van der Waals surface area contributed by atoms with Crippen LogP contribution in [0.5, 0.6) is 11.5 Å². The van der Waals surface area contributed by atoms with Crippen molar-refractivity contribution in [2.75, 3.05) is 0 Å². The average Bonchev–Trinajstić information content (AvgIpc) is 3.06. The number of phenols is 2. The number of hydrogen-bond donors (Lipinski definition) is 4. The van der Waals surface area contributed by atoms with Crippen molar-refractivity contribution in [3.8, 4) is 11.5 Å². The minimum atomic E-state index is -4.53. The number of rotatable bonds is 6. The van der Waals surface area contributed by atoms with Crippen molar-refractivity contribution in [3.63, 3.8) is 0 Å². The first-order chi connectivity index (χ1) is 23.5. The van der Waals surface area contributed by atoms with Crippen molar-refractivity contribution < 1.29 is 36.2 Å². The molecule has 0 saturated heterocycles. The molecule has 0 aliphatic heterocycles. The van der Waals surface area contributed by atoms with Crippen LogP contribution in [0.2, 0.25) is 10.0 Å². The summed E-state index contributed by atoms with van der Waals surface area (Å²) < 4.78 is 65.0. The van der Waals surface area contributed by atoms with E-state index in [9.17, 15) is 36.2 Å². The molecule has 0 fully saturated rings. The molecule has 6 aromatic rings. The quantitative estimate of drug-likeness (QED) is 0.0719. The first kappa shape index (κ1) is 40.4. The second-order valence-corrected chi connectivity index (χ2v) is 14.4. The van der Waals surface area contributed by atoms with Crippen LogP contribution < -0.4 is 0 Å². The Kier molecular flexibility index (Phi) is 13.1. The molecule has 12 nitrogen and oxygen atoms in total. The Bertz CT molecular complexity index is 2410. The van der Waals surface area contributed by atoms with Gasteiger partial charge in [0.15, 0.2) is 0 Å². The topological polar surface area (TPSA) is 199 Å². The minimum Gasteiger partial charge on any atom is -0.506 e. The molecule has 0 aromatic heterocycles. The number of aromatic hydroxyl groups is 2. The first-order valence-electron chi connectivity index (χ1n) is 14.3. The van der Waals surface area contributed by atoms with E-state index in [1.165, 1.54) is 24.3 Å². The third-order valence-corrected chi connectivity index (χ3v) is 9.89. The van der Waals surface area contributed by atoms with Crippen LogP contribution >= 0.6 is 23.2 Å². The largest absolute Gasteiger partial charge is 0.506 e. The predicted molar refractivity (Wildman–Crippen MR) is 197 cm³/mol. The molecule has 0 saturated carbocycles. The van der Waals surface area contributed by atoms with Gasteiger partial charge in [0.2, 0.25) is 0 Å². The molecule has 17 heteroatoms. The van der Waals surface area contributed by atoms with Gasteiger partial charge >= 0.3 is 0 Å². The zero-order chi connectivity index (χ0) is 36.4. The molecule has 0 atom stereocenters. The van der Waals surface area contributed by atoms with Crippen LogP contribution in [0.25, 0.3) is 21.5 Å². The summed E-state index contributed by atoms with van der Waals surface area (Å²) >= 11 is 11.8. The number of benzene rings is 6. The Morgan fingerprint density at radius 3 is 1.24 bits per heavy atom. The monoisotopic (exact) mass is 890 g/mol. The van der Waals surface area contributed by atoms with Crippen LogP contribution in [0.1, 0.15) is 11.1 Å². The Labute approximate surface area is 343 Å². The van der Waals surface area contributed by atoms with E-state index >= 15 is 0 Å². The second-order valence-electron chi connectivity index (χ2n) is 10.8. The normalized spacial score (nSPS) is 11.9. The minimum absolute atomic E-state index is 0. The number of phenolic OH excluding ortho intramolecular Hbond substituents is 2. The van der Waals surface area contributed by atoms with Gasteiger partial charge in [0.05, 0.1) is 0 Å². The summed E-state index contributed by atoms with van der Waals surface area (Å²) in [6, 6.07) is 26.0. The molecule has 4 N–H and O–H groups in total. The molecule has 0 bridgehead atoms. The molecule has 0 amide bonds. The smallest absolute Gasteiger partial charge is 0.296 e. The summed E-state index contributed by atoms with van der Waals surface area (Å²) in [6.45, 7) is 3.34. The molecule has 6 aromatic carbocycles. The van der Waals surface area contributed by atoms with Gasteiger partial charge in [-0.2, -0.15) is 16.8 Å². The van der Waals surface area contributed by atoms with E-state index in [1.807, 2.05) is 24.3 Å². The van der Waals surface area contributed by atoms with Gasteiger partial charge in [-0.15, -0.1) is 20.5 Å². The Hall–Kier alpha value is -3.39. The molecule has 0 unspecified atom stereocenters. The first-order valence-corrected chi connectivity index (χ1v) is 18.0. The molecule has 51 heavy (non-hydrogen) atoms. The van der Waals surface area contributed by atoms with Gasteiger partial charge in [-0.05, 0) is 72.1 Å². The summed E-state index contributed by atoms with van der Waals surface area (Å²) in [7, 11) is -9.06. The molecule has 0 aliphatic rings. The summed E-state index contributed by atoms with van der Waals surface area (Å²) in [6.07, 6.45) is 0. The number of aryl methyl sites for hydroxylation is 2. The van der Waals surface area contributed by atoms with Crippen molar-refractivity contribution in [1.29, 1.82) is 0 Å². The number of azo groups is 2. The zero-order valence-electron chi connectivity index (χ0n) is 26.7. The SMILES string of the molecule is Cc1cc(N=Nc2c(O)ccc3ccccc23)c(S(=O)(=O)O)cc1Cl.Cc1cc(N=Nc2c(O)ccc3ccccc23)c(S(=O)(=O)O)cc1Cl.[Ba]. The summed E-state index contributed by atoms with van der Waals surface area (Å²) in [5, 5.41) is 39.4. The fraction of sp³-hybridized carbons (Fsp3) is 0.0588. The molecule has 6 rings (SSSR count). The van der Waals surface area contributed by atoms with Crippen LogP contribution in [-0.2, 0) is 20.2 Å². The summed E-state index contributed by atoms with van der Waals surface area (Å²) in [5.74, 6) is -0.192. The van der Waals surface area contributed by atoms with Gasteiger partial charge in [0.1, 0.15) is 44.0 Å². The number of halogens is 2. The summed E-state index contributed by atoms with van der Waals surface area (Å²) in [4.78, 5) is -0.904. The third kappa shape index (κ3) is 9.54. The molecule has 0 spiro atoms. The van der Waals surface area contributed by atoms with Gasteiger partial charge < -0.3 is 10.2 Å². The number of nitrogens with zero attached hydrogens (tertiary/aromatic N) is 4. The van der Waals surface area contributed by atoms with E-state index in [4.69, 9.17) is 23.2 Å². The van der Waals surface area contributed by atoms with E-state index in [2.05, 4.69) is 20.5 Å². The van der Waals surface area contributed by atoms with E-state index in [1.54, 1.807) is 50.2 Å². The van der Waals surface area contributed by atoms with Gasteiger partial charge in [-0.1, -0.05) is 83.9 Å². The van der Waals surface area contributed by atoms with Crippen molar-refractivity contribution >= 4 is 137 Å². The van der Waals surface area contributed by atoms with Crippen LogP contribution in [0.15, 0.2) is 127 Å². The molecular weight excluding hydrogens is 865 g/mol. The fourth-order valence-electron chi connectivity index (χ4n) is 4.77. The Balaban J connectivity index is 0.000000224. The van der Waals surface area contributed by atoms with Gasteiger partial charge in [0.25, 0.3) is 20.2 Å². The van der Waals surface area contributed by atoms with Gasteiger partial charge in [0, 0.05) is 69.7 Å². The van der Waals surface area contributed by atoms with Crippen LogP contribution in [0.4, 0.5) is 22.7 Å². The molecule has 2 radical (unpaired) electrons. The molecule has 0 aliphatic carbocycles. The van der Waals surface area contributed by atoms with Crippen molar-refractivity contribution in [2.45, 2.75) is 23.6 Å². The van der Waals surface area contributed by atoms with E-state index in [0.29, 0.717) is 21.9 Å². The van der Waals surface area contributed by atoms with Gasteiger partial charge in [-0.3, -0.25) is 9.11 Å². The van der Waals surface area contributed by atoms with Crippen LogP contribution in [0.3, 0.4) is 0 Å². The maximum absolute atomic E-state index is 11.6. The maximum atomic E-state index is 11.6. The predicted octanol–water partition coefficient (Wildman–Crippen LogP) is 9.96. The average molecular weight is 891 g/mol. The second kappa shape index (κ2) is 16.5. The standard InChI is InChI=1S/2C17H13ClN2O4S.Ba/c2*1-10-8-14(16(9-13(10)18)25(22,23)24)19-20-17-12-5-3-2-4-11(12)6-7-15(17)21;/h2*2-9,21H,1H3,(H,22,23,24);. The number of fused-ring (bicyclic) bond motifs is 2. The van der Waals surface area contributed by atoms with E-state index < -0.39 is 30.0 Å². The van der Waals surface area contributed by atoms with Crippen molar-refractivity contribution in [2.24, 2.45) is 20.5 Å². The Morgan fingerprint density at radius 2 is 0.882 bits per heavy atom. The van der Waals surface area contributed by atoms with E-state index in [0.717, 1.165) is 22.9 Å². The summed E-state index contributed by atoms with van der Waals surface area (Å²) in [5.41, 5.74) is 1.41. The van der Waals surface area contributed by atoms with Gasteiger partial charge in [-0.25, -0.2) is 0 Å². The van der Waals surface area contributed by atoms with Crippen molar-refractivity contribution in [1.82, 2.24) is 0 Å². The van der Waals surface area contributed by atoms with E-state index in [-0.39, 0.29) is 93.2 Å². The van der Waals surface area contributed by atoms with Crippen LogP contribution in [0, 0.1) is 13.8 Å². The zero-order valence-corrected chi connectivity index (χ0v) is 34.3. The molecule has 258 valence electrons. The Morgan fingerprint density at radius 1 is 0.529 bits per heavy atom. The van der Waals surface area contributed by atoms with Crippen LogP contribution in [-0.4, -0.2) is 85.0 Å². The third-order valence-electron chi connectivity index (χ3n) is 7.31. The molecule has 0 heterocycles. The van der Waals surface area contributed by atoms with Crippen molar-refractivity contribution in [3.05, 3.63) is 118 Å². The maximum Gasteiger partial charge on any atom is 0.296 e. The number of hydrogen-bond acceptors (Lipinski definition) is 10. The fourth-order valence-corrected chi connectivity index (χ4v) is 6.49.